The number of carbonyl (C=O) groups excluding carboxylic acids is 2. The molecule has 0 bridgehead atoms. The Morgan fingerprint density at radius 1 is 0.829 bits per heavy atom. The number of rotatable bonds is 8. The van der Waals surface area contributed by atoms with Crippen LogP contribution in [0.3, 0.4) is 0 Å². The Balaban J connectivity index is 1.56. The lowest BCUT2D eigenvalue weighted by Gasteiger charge is -2.18. The molecule has 176 valence electrons. The predicted molar refractivity (Wildman–Crippen MR) is 137 cm³/mol. The van der Waals surface area contributed by atoms with Crippen LogP contribution in [0.4, 0.5) is 11.4 Å². The average molecular weight is 505 g/mol. The molecule has 0 spiro atoms. The highest BCUT2D eigenvalue weighted by atomic mass is 32.2. The quantitative estimate of drug-likeness (QED) is 0.176. The number of anilines is 2. The van der Waals surface area contributed by atoms with E-state index < -0.39 is 11.2 Å². The van der Waals surface area contributed by atoms with Gasteiger partial charge in [0.15, 0.2) is 0 Å². The molecule has 9 heteroatoms. The number of thiophene rings is 1. The summed E-state index contributed by atoms with van der Waals surface area (Å²) < 4.78 is 0. The van der Waals surface area contributed by atoms with Gasteiger partial charge in [-0.2, -0.15) is 0 Å². The second-order valence-electron chi connectivity index (χ2n) is 7.39. The summed E-state index contributed by atoms with van der Waals surface area (Å²) in [6.07, 6.45) is 0. The fourth-order valence-electron chi connectivity index (χ4n) is 3.28. The highest BCUT2D eigenvalue weighted by molar-refractivity contribution is 8.00. The number of nitrogens with one attached hydrogen (secondary N) is 2. The van der Waals surface area contributed by atoms with Crippen molar-refractivity contribution >= 4 is 52.3 Å². The van der Waals surface area contributed by atoms with Crippen molar-refractivity contribution in [3.8, 4) is 5.75 Å². The molecule has 35 heavy (non-hydrogen) atoms. The SMILES string of the molecule is O=C(Nc1cccc(SC(C(=O)Nc2ccc(O)c(C(=O)O)c2)c2ccccc2)c1)c1cccs1. The Kier molecular flexibility index (Phi) is 7.49. The Bertz CT molecular complexity index is 1360. The van der Waals surface area contributed by atoms with Gasteiger partial charge in [0, 0.05) is 16.3 Å². The maximum atomic E-state index is 13.3. The molecule has 0 aliphatic carbocycles. The summed E-state index contributed by atoms with van der Waals surface area (Å²) in [5.74, 6) is -2.25. The lowest BCUT2D eigenvalue weighted by molar-refractivity contribution is -0.115. The zero-order valence-corrected chi connectivity index (χ0v) is 19.8. The zero-order valence-electron chi connectivity index (χ0n) is 18.2. The Morgan fingerprint density at radius 3 is 2.31 bits per heavy atom. The molecule has 1 aromatic heterocycles. The van der Waals surface area contributed by atoms with Gasteiger partial charge in [-0.05, 0) is 53.4 Å². The first-order valence-corrected chi connectivity index (χ1v) is 12.2. The lowest BCUT2D eigenvalue weighted by atomic mass is 10.1. The Hall–Kier alpha value is -4.08. The third-order valence-corrected chi connectivity index (χ3v) is 7.04. The third kappa shape index (κ3) is 6.08. The second-order valence-corrected chi connectivity index (χ2v) is 9.52. The molecule has 1 heterocycles. The van der Waals surface area contributed by atoms with Gasteiger partial charge in [0.25, 0.3) is 5.91 Å². The summed E-state index contributed by atoms with van der Waals surface area (Å²) >= 11 is 2.64. The van der Waals surface area contributed by atoms with Crippen LogP contribution in [0, 0.1) is 0 Å². The van der Waals surface area contributed by atoms with E-state index >= 15 is 0 Å². The first-order chi connectivity index (χ1) is 16.9. The number of carboxylic acids is 1. The van der Waals surface area contributed by atoms with E-state index in [-0.39, 0.29) is 28.8 Å². The highest BCUT2D eigenvalue weighted by Gasteiger charge is 2.23. The van der Waals surface area contributed by atoms with Crippen LogP contribution in [0.1, 0.15) is 30.8 Å². The monoisotopic (exact) mass is 504 g/mol. The molecule has 4 aromatic rings. The normalized spacial score (nSPS) is 11.4. The average Bonchev–Trinajstić information content (AvgIpc) is 3.40. The number of hydrogen-bond acceptors (Lipinski definition) is 6. The van der Waals surface area contributed by atoms with Gasteiger partial charge in [-0.1, -0.05) is 42.5 Å². The zero-order chi connectivity index (χ0) is 24.8. The van der Waals surface area contributed by atoms with Crippen molar-refractivity contribution < 1.29 is 24.6 Å². The fraction of sp³-hybridized carbons (Fsp3) is 0.0385. The van der Waals surface area contributed by atoms with Crippen LogP contribution in [-0.2, 0) is 4.79 Å². The van der Waals surface area contributed by atoms with Crippen molar-refractivity contribution in [3.05, 3.63) is 106 Å². The van der Waals surface area contributed by atoms with Crippen LogP contribution in [0.25, 0.3) is 0 Å². The molecule has 0 radical (unpaired) electrons. The molecule has 0 saturated heterocycles. The molecule has 7 nitrogen and oxygen atoms in total. The van der Waals surface area contributed by atoms with E-state index in [1.54, 1.807) is 24.3 Å². The Labute approximate surface area is 209 Å². The molecule has 0 aliphatic heterocycles. The van der Waals surface area contributed by atoms with Gasteiger partial charge in [0.1, 0.15) is 16.6 Å². The summed E-state index contributed by atoms with van der Waals surface area (Å²) in [4.78, 5) is 38.4. The molecule has 4 rings (SSSR count). The number of amides is 2. The van der Waals surface area contributed by atoms with Crippen LogP contribution >= 0.6 is 23.1 Å². The van der Waals surface area contributed by atoms with Gasteiger partial charge in [-0.15, -0.1) is 23.1 Å². The van der Waals surface area contributed by atoms with Crippen LogP contribution in [0.2, 0.25) is 0 Å². The molecule has 3 aromatic carbocycles. The van der Waals surface area contributed by atoms with Gasteiger partial charge in [0.05, 0.1) is 4.88 Å². The molecule has 0 saturated carbocycles. The van der Waals surface area contributed by atoms with E-state index in [1.807, 2.05) is 47.8 Å². The number of hydrogen-bond donors (Lipinski definition) is 4. The van der Waals surface area contributed by atoms with Crippen LogP contribution in [0.5, 0.6) is 5.75 Å². The second kappa shape index (κ2) is 10.9. The third-order valence-electron chi connectivity index (χ3n) is 4.93. The van der Waals surface area contributed by atoms with Gasteiger partial charge in [-0.3, -0.25) is 9.59 Å². The largest absolute Gasteiger partial charge is 0.507 e. The van der Waals surface area contributed by atoms with E-state index in [4.69, 9.17) is 0 Å². The number of carboxylic acid groups (broad SMARTS) is 1. The van der Waals surface area contributed by atoms with Gasteiger partial charge in [-0.25, -0.2) is 4.79 Å². The maximum absolute atomic E-state index is 13.3. The lowest BCUT2D eigenvalue weighted by Crippen LogP contribution is -2.19. The molecule has 4 N–H and O–H groups in total. The Morgan fingerprint density at radius 2 is 1.60 bits per heavy atom. The van der Waals surface area contributed by atoms with Crippen molar-refractivity contribution in [1.29, 1.82) is 0 Å². The van der Waals surface area contributed by atoms with Gasteiger partial charge in [0.2, 0.25) is 5.91 Å². The van der Waals surface area contributed by atoms with Crippen molar-refractivity contribution in [3.63, 3.8) is 0 Å². The fourth-order valence-corrected chi connectivity index (χ4v) is 4.98. The van der Waals surface area contributed by atoms with E-state index in [1.165, 1.54) is 41.3 Å². The number of aromatic carboxylic acids is 1. The molecule has 2 amide bonds. The predicted octanol–water partition coefficient (Wildman–Crippen LogP) is 5.88. The number of benzene rings is 3. The number of aromatic hydroxyl groups is 1. The van der Waals surface area contributed by atoms with Gasteiger partial charge < -0.3 is 20.8 Å². The van der Waals surface area contributed by atoms with Crippen molar-refractivity contribution in [2.75, 3.05) is 10.6 Å². The van der Waals surface area contributed by atoms with Crippen LogP contribution in [-0.4, -0.2) is 28.0 Å². The smallest absolute Gasteiger partial charge is 0.339 e. The summed E-state index contributed by atoms with van der Waals surface area (Å²) in [5.41, 5.74) is 1.30. The summed E-state index contributed by atoms with van der Waals surface area (Å²) in [5, 5.41) is 25.8. The summed E-state index contributed by atoms with van der Waals surface area (Å²) in [6, 6.07) is 23.8. The number of phenols is 1. The first kappa shape index (κ1) is 24.1. The summed E-state index contributed by atoms with van der Waals surface area (Å²) in [6.45, 7) is 0. The molecule has 1 unspecified atom stereocenters. The van der Waals surface area contributed by atoms with E-state index in [0.29, 0.717) is 10.6 Å². The minimum Gasteiger partial charge on any atom is -0.507 e. The minimum atomic E-state index is -1.30. The van der Waals surface area contributed by atoms with E-state index in [0.717, 1.165) is 10.5 Å². The number of thioether (sulfide) groups is 1. The molecule has 0 aliphatic rings. The van der Waals surface area contributed by atoms with Crippen LogP contribution < -0.4 is 10.6 Å². The van der Waals surface area contributed by atoms with Crippen molar-refractivity contribution in [1.82, 2.24) is 0 Å². The van der Waals surface area contributed by atoms with E-state index in [2.05, 4.69) is 10.6 Å². The minimum absolute atomic E-state index is 0.207. The van der Waals surface area contributed by atoms with E-state index in [9.17, 15) is 24.6 Å². The van der Waals surface area contributed by atoms with Crippen molar-refractivity contribution in [2.24, 2.45) is 0 Å². The standard InChI is InChI=1S/C26H20N2O5S2/c29-21-12-11-18(15-20(21)26(32)33)28-25(31)23(16-6-2-1-3-7-16)35-19-9-4-8-17(14-19)27-24(30)22-10-5-13-34-22/h1-15,23,29H,(H,27,30)(H,28,31)(H,32,33). The van der Waals surface area contributed by atoms with Crippen molar-refractivity contribution in [2.45, 2.75) is 10.1 Å². The number of carbonyl (C=O) groups is 3. The highest BCUT2D eigenvalue weighted by Crippen LogP contribution is 2.37. The first-order valence-electron chi connectivity index (χ1n) is 10.4. The summed E-state index contributed by atoms with van der Waals surface area (Å²) in [7, 11) is 0. The molecular formula is C26H20N2O5S2. The maximum Gasteiger partial charge on any atom is 0.339 e. The molecule has 1 atom stereocenters. The molecule has 0 fully saturated rings. The van der Waals surface area contributed by atoms with Crippen LogP contribution in [0.15, 0.2) is 95.2 Å². The molecular weight excluding hydrogens is 484 g/mol. The topological polar surface area (TPSA) is 116 Å². The van der Waals surface area contributed by atoms with Gasteiger partial charge >= 0.3 is 5.97 Å².